The molecule has 5 heteroatoms. The van der Waals surface area contributed by atoms with E-state index in [0.29, 0.717) is 29.4 Å². The smallest absolute Gasteiger partial charge is 0.168 e. The van der Waals surface area contributed by atoms with E-state index in [0.717, 1.165) is 30.4 Å². The molecule has 1 aliphatic heterocycles. The molecule has 0 aliphatic carbocycles. The third-order valence-corrected chi connectivity index (χ3v) is 5.26. The van der Waals surface area contributed by atoms with Crippen LogP contribution in [0, 0.1) is 5.41 Å². The maximum Gasteiger partial charge on any atom is 0.168 e. The van der Waals surface area contributed by atoms with Crippen molar-refractivity contribution >= 4 is 24.7 Å². The van der Waals surface area contributed by atoms with E-state index in [1.807, 2.05) is 32.9 Å². The fourth-order valence-electron chi connectivity index (χ4n) is 3.05. The predicted molar refractivity (Wildman–Crippen MR) is 114 cm³/mol. The number of nitrogens with one attached hydrogen (secondary N) is 1. The molecule has 0 bridgehead atoms. The van der Waals surface area contributed by atoms with Crippen LogP contribution < -0.4 is 5.32 Å². The van der Waals surface area contributed by atoms with Gasteiger partial charge in [-0.25, -0.2) is 0 Å². The van der Waals surface area contributed by atoms with Crippen LogP contribution in [-0.4, -0.2) is 25.6 Å². The number of Topliss-reactive ketones (excluding diaryl/α,β-unsaturated/α-hetero) is 1. The number of ether oxygens (including phenoxy) is 1. The Bertz CT molecular complexity index is 737. The first-order chi connectivity index (χ1) is 12.6. The van der Waals surface area contributed by atoms with E-state index >= 15 is 0 Å². The zero-order valence-electron chi connectivity index (χ0n) is 17.0. The summed E-state index contributed by atoms with van der Waals surface area (Å²) in [5.41, 5.74) is 3.75. The van der Waals surface area contributed by atoms with Gasteiger partial charge in [-0.3, -0.25) is 4.79 Å². The Morgan fingerprint density at radius 2 is 2.07 bits per heavy atom. The first kappa shape index (κ1) is 21.6. The summed E-state index contributed by atoms with van der Waals surface area (Å²) in [5.74, 6) is 0.957. The first-order valence-corrected chi connectivity index (χ1v) is 9.94. The lowest BCUT2D eigenvalue weighted by Gasteiger charge is -2.28. The van der Waals surface area contributed by atoms with Crippen molar-refractivity contribution in [3.05, 3.63) is 58.5 Å². The third-order valence-electron chi connectivity index (χ3n) is 4.94. The molecular weight excluding hydrogens is 357 g/mol. The van der Waals surface area contributed by atoms with Crippen LogP contribution >= 0.6 is 11.6 Å². The van der Waals surface area contributed by atoms with Gasteiger partial charge in [-0.15, -0.1) is 0 Å². The molecule has 0 fully saturated rings. The molecule has 0 amide bonds. The van der Waals surface area contributed by atoms with Crippen molar-refractivity contribution in [2.24, 2.45) is 5.41 Å². The second-order valence-corrected chi connectivity index (χ2v) is 8.51. The minimum atomic E-state index is -0.133. The number of carbonyl (C=O) groups is 1. The molecule has 0 saturated carbocycles. The molecule has 145 valence electrons. The van der Waals surface area contributed by atoms with E-state index in [2.05, 4.69) is 32.7 Å². The van der Waals surface area contributed by atoms with E-state index in [4.69, 9.17) is 16.3 Å². The zero-order chi connectivity index (χ0) is 20.2. The summed E-state index contributed by atoms with van der Waals surface area (Å²) in [6.45, 7) is 16.5. The molecule has 0 saturated heterocycles. The molecule has 0 aromatic heterocycles. The molecule has 2 rings (SSSR count). The number of halogens is 1. The number of allylic oxidation sites excluding steroid dienone is 2. The highest BCUT2D eigenvalue weighted by Crippen LogP contribution is 2.30. The van der Waals surface area contributed by atoms with Crippen molar-refractivity contribution < 1.29 is 9.53 Å². The van der Waals surface area contributed by atoms with Gasteiger partial charge in [0.15, 0.2) is 5.78 Å². The number of hydrogen-bond acceptors (Lipinski definition) is 3. The van der Waals surface area contributed by atoms with Gasteiger partial charge < -0.3 is 10.1 Å². The number of fused-ring (bicyclic) bond motifs is 1. The molecule has 1 N–H and O–H groups in total. The molecule has 1 atom stereocenters. The van der Waals surface area contributed by atoms with Gasteiger partial charge in [0.25, 0.3) is 0 Å². The van der Waals surface area contributed by atoms with Crippen molar-refractivity contribution in [2.75, 3.05) is 6.61 Å². The molecule has 0 unspecified atom stereocenters. The summed E-state index contributed by atoms with van der Waals surface area (Å²) in [5, 5.41) is 3.96. The van der Waals surface area contributed by atoms with Crippen LogP contribution in [0.15, 0.2) is 36.7 Å². The quantitative estimate of drug-likeness (QED) is 0.384. The van der Waals surface area contributed by atoms with Gasteiger partial charge in [-0.05, 0) is 36.0 Å². The van der Waals surface area contributed by atoms with Gasteiger partial charge in [0.1, 0.15) is 7.28 Å². The number of carbonyl (C=O) groups excluding carboxylic acids is 1. The summed E-state index contributed by atoms with van der Waals surface area (Å²) in [6, 6.07) is 3.86. The summed E-state index contributed by atoms with van der Waals surface area (Å²) in [7, 11) is 2.20. The molecule has 1 aromatic rings. The molecule has 1 aliphatic rings. The van der Waals surface area contributed by atoms with Gasteiger partial charge in [-0.1, -0.05) is 64.8 Å². The Hall–Kier alpha value is -1.68. The number of benzene rings is 1. The van der Waals surface area contributed by atoms with E-state index in [-0.39, 0.29) is 17.1 Å². The SMILES string of the molecule is C=C(CC)N[C@@H]1[B]Cc2c(ccc(Cl)c2C(=O)CCOC(=C)C(C)(C)C)C1. The van der Waals surface area contributed by atoms with E-state index in [9.17, 15) is 4.79 Å². The maximum absolute atomic E-state index is 12.8. The number of rotatable bonds is 8. The fourth-order valence-corrected chi connectivity index (χ4v) is 3.33. The predicted octanol–water partition coefficient (Wildman–Crippen LogP) is 5.09. The van der Waals surface area contributed by atoms with Gasteiger partial charge >= 0.3 is 0 Å². The average Bonchev–Trinajstić information content (AvgIpc) is 2.60. The van der Waals surface area contributed by atoms with Gasteiger partial charge in [-0.2, -0.15) is 0 Å². The molecule has 1 aromatic carbocycles. The van der Waals surface area contributed by atoms with Crippen LogP contribution in [0.2, 0.25) is 5.02 Å². The molecule has 0 spiro atoms. The van der Waals surface area contributed by atoms with Gasteiger partial charge in [0.05, 0.1) is 17.4 Å². The summed E-state index contributed by atoms with van der Waals surface area (Å²) in [4.78, 5) is 12.8. The van der Waals surface area contributed by atoms with Crippen LogP contribution in [0.1, 0.15) is 62.0 Å². The minimum Gasteiger partial charge on any atom is -0.498 e. The molecule has 1 heterocycles. The fraction of sp³-hybridized carbons (Fsp3) is 0.500. The van der Waals surface area contributed by atoms with Crippen LogP contribution in [0.5, 0.6) is 0 Å². The summed E-state index contributed by atoms with van der Waals surface area (Å²) < 4.78 is 5.67. The monoisotopic (exact) mass is 386 g/mol. The minimum absolute atomic E-state index is 0.0244. The highest BCUT2D eigenvalue weighted by Gasteiger charge is 2.26. The highest BCUT2D eigenvalue weighted by atomic mass is 35.5. The van der Waals surface area contributed by atoms with Crippen molar-refractivity contribution in [1.29, 1.82) is 0 Å². The van der Waals surface area contributed by atoms with Crippen LogP contribution in [0.25, 0.3) is 0 Å². The Morgan fingerprint density at radius 3 is 2.70 bits per heavy atom. The molecule has 1 radical (unpaired) electrons. The Morgan fingerprint density at radius 1 is 1.37 bits per heavy atom. The van der Waals surface area contributed by atoms with Crippen LogP contribution in [0.4, 0.5) is 0 Å². The number of hydrogen-bond donors (Lipinski definition) is 1. The zero-order valence-corrected chi connectivity index (χ0v) is 17.7. The maximum atomic E-state index is 12.8. The van der Waals surface area contributed by atoms with Gasteiger partial charge in [0, 0.05) is 23.1 Å². The Balaban J connectivity index is 2.08. The van der Waals surface area contributed by atoms with E-state index in [1.165, 1.54) is 5.56 Å². The lowest BCUT2D eigenvalue weighted by molar-refractivity contribution is 0.0910. The molecular formula is C22H30BClNO2. The van der Waals surface area contributed by atoms with E-state index < -0.39 is 0 Å². The van der Waals surface area contributed by atoms with Crippen molar-refractivity contribution in [3.63, 3.8) is 0 Å². The normalized spacial score (nSPS) is 16.1. The Labute approximate surface area is 169 Å². The first-order valence-electron chi connectivity index (χ1n) is 9.56. The lowest BCUT2D eigenvalue weighted by atomic mass is 9.57. The third kappa shape index (κ3) is 5.65. The van der Waals surface area contributed by atoms with Gasteiger partial charge in [0.2, 0.25) is 0 Å². The standard InChI is InChI=1S/C22H30BClNO2/c1-7-14(2)25-20-12-16-8-9-18(24)21(17(16)13-23-20)19(26)10-11-27-15(3)22(4,5)6/h8-9,20,25H,2-3,7,10-13H2,1,4-6H3/t20-/m0/s1. The van der Waals surface area contributed by atoms with Crippen LogP contribution in [-0.2, 0) is 17.5 Å². The van der Waals surface area contributed by atoms with E-state index in [1.54, 1.807) is 0 Å². The molecule has 27 heavy (non-hydrogen) atoms. The topological polar surface area (TPSA) is 38.3 Å². The van der Waals surface area contributed by atoms with Crippen molar-refractivity contribution in [3.8, 4) is 0 Å². The van der Waals surface area contributed by atoms with Crippen molar-refractivity contribution in [1.82, 2.24) is 5.32 Å². The molecule has 3 nitrogen and oxygen atoms in total. The highest BCUT2D eigenvalue weighted by molar-refractivity contribution is 6.39. The number of ketones is 1. The average molecular weight is 387 g/mol. The summed E-state index contributed by atoms with van der Waals surface area (Å²) >= 11 is 6.39. The summed E-state index contributed by atoms with van der Waals surface area (Å²) in [6.07, 6.45) is 2.76. The lowest BCUT2D eigenvalue weighted by Crippen LogP contribution is -2.40. The second kappa shape index (κ2) is 9.01. The second-order valence-electron chi connectivity index (χ2n) is 8.11. The largest absolute Gasteiger partial charge is 0.498 e. The van der Waals surface area contributed by atoms with Crippen molar-refractivity contribution in [2.45, 2.75) is 59.2 Å². The Kier molecular flexibility index (Phi) is 7.22. The van der Waals surface area contributed by atoms with Crippen LogP contribution in [0.3, 0.4) is 0 Å².